The third kappa shape index (κ3) is 8.77. The van der Waals surface area contributed by atoms with Crippen molar-refractivity contribution in [1.82, 2.24) is 5.32 Å². The lowest BCUT2D eigenvalue weighted by molar-refractivity contribution is 0.0699. The molecule has 0 spiro atoms. The lowest BCUT2D eigenvalue weighted by atomic mass is 10.2. The zero-order chi connectivity index (χ0) is 19.9. The van der Waals surface area contributed by atoms with E-state index in [1.54, 1.807) is 14.2 Å². The Kier molecular flexibility index (Phi) is 11.2. The molecule has 1 aliphatic rings. The number of guanidine groups is 1. The van der Waals surface area contributed by atoms with E-state index in [9.17, 15) is 0 Å². The first-order chi connectivity index (χ1) is 13.8. The van der Waals surface area contributed by atoms with Gasteiger partial charge in [-0.1, -0.05) is 0 Å². The minimum Gasteiger partial charge on any atom is -0.490 e. The largest absolute Gasteiger partial charge is 0.490 e. The molecule has 8 nitrogen and oxygen atoms in total. The average Bonchev–Trinajstić information content (AvgIpc) is 2.95. The second kappa shape index (κ2) is 14.0. The zero-order valence-electron chi connectivity index (χ0n) is 17.0. The fraction of sp³-hybridized carbons (Fsp3) is 0.650. The van der Waals surface area contributed by atoms with Crippen molar-refractivity contribution in [2.24, 2.45) is 4.99 Å². The number of fused-ring (bicyclic) bond motifs is 1. The fourth-order valence-electron chi connectivity index (χ4n) is 2.54. The number of benzene rings is 1. The van der Waals surface area contributed by atoms with Crippen LogP contribution in [0.1, 0.15) is 19.3 Å². The van der Waals surface area contributed by atoms with E-state index in [1.807, 2.05) is 18.2 Å². The molecule has 1 heterocycles. The number of nitrogens with one attached hydrogen (secondary N) is 2. The van der Waals surface area contributed by atoms with Crippen molar-refractivity contribution < 1.29 is 23.7 Å². The van der Waals surface area contributed by atoms with Crippen molar-refractivity contribution in [2.45, 2.75) is 19.3 Å². The molecule has 8 heteroatoms. The molecule has 1 aliphatic heterocycles. The molecule has 158 valence electrons. The fourth-order valence-corrected chi connectivity index (χ4v) is 2.54. The summed E-state index contributed by atoms with van der Waals surface area (Å²) in [6.07, 6.45) is 2.63. The Labute approximate surface area is 167 Å². The van der Waals surface area contributed by atoms with Crippen LogP contribution in [0.25, 0.3) is 0 Å². The molecule has 2 rings (SSSR count). The standard InChI is InChI=1S/C20H33N3O5/c1-24-10-3-8-21-20(22-9-4-11-26-15-14-25-2)23-17-6-7-18-19(16-17)28-13-5-12-27-18/h6-7,16H,3-5,8-15H2,1-2H3,(H2,21,22,23). The molecule has 0 bridgehead atoms. The van der Waals surface area contributed by atoms with Gasteiger partial charge in [0, 0.05) is 58.7 Å². The molecular weight excluding hydrogens is 362 g/mol. The van der Waals surface area contributed by atoms with Crippen molar-refractivity contribution >= 4 is 11.6 Å². The second-order valence-electron chi connectivity index (χ2n) is 6.30. The molecule has 0 fully saturated rings. The molecule has 0 amide bonds. The minimum absolute atomic E-state index is 0.615. The van der Waals surface area contributed by atoms with Crippen LogP contribution in [-0.4, -0.2) is 72.9 Å². The molecular formula is C20H33N3O5. The Balaban J connectivity index is 1.86. The summed E-state index contributed by atoms with van der Waals surface area (Å²) >= 11 is 0. The molecule has 0 radical (unpaired) electrons. The SMILES string of the molecule is COCCCN=C(NCCCOCCOC)Nc1ccc2c(c1)OCCCO2. The summed E-state index contributed by atoms with van der Waals surface area (Å²) in [5.74, 6) is 2.26. The maximum atomic E-state index is 5.76. The summed E-state index contributed by atoms with van der Waals surface area (Å²) in [5, 5.41) is 6.68. The normalized spacial score (nSPS) is 13.9. The summed E-state index contributed by atoms with van der Waals surface area (Å²) in [6, 6.07) is 5.84. The summed E-state index contributed by atoms with van der Waals surface area (Å²) in [5.41, 5.74) is 0.901. The lowest BCUT2D eigenvalue weighted by Crippen LogP contribution is -2.32. The topological polar surface area (TPSA) is 82.6 Å². The average molecular weight is 396 g/mol. The number of ether oxygens (including phenoxy) is 5. The van der Waals surface area contributed by atoms with E-state index in [0.717, 1.165) is 49.0 Å². The van der Waals surface area contributed by atoms with Gasteiger partial charge in [-0.15, -0.1) is 0 Å². The van der Waals surface area contributed by atoms with Crippen LogP contribution in [0, 0.1) is 0 Å². The van der Waals surface area contributed by atoms with Crippen LogP contribution in [0.15, 0.2) is 23.2 Å². The van der Waals surface area contributed by atoms with Crippen LogP contribution in [0.4, 0.5) is 5.69 Å². The third-order valence-corrected chi connectivity index (χ3v) is 3.98. The lowest BCUT2D eigenvalue weighted by Gasteiger charge is -2.15. The summed E-state index contributed by atoms with van der Waals surface area (Å²) < 4.78 is 27.0. The van der Waals surface area contributed by atoms with E-state index in [4.69, 9.17) is 23.7 Å². The maximum Gasteiger partial charge on any atom is 0.195 e. The van der Waals surface area contributed by atoms with Gasteiger partial charge >= 0.3 is 0 Å². The molecule has 0 unspecified atom stereocenters. The van der Waals surface area contributed by atoms with Crippen molar-refractivity contribution in [2.75, 3.05) is 72.3 Å². The number of rotatable bonds is 12. The first-order valence-corrected chi connectivity index (χ1v) is 9.84. The summed E-state index contributed by atoms with van der Waals surface area (Å²) in [6.45, 7) is 5.38. The second-order valence-corrected chi connectivity index (χ2v) is 6.30. The van der Waals surface area contributed by atoms with E-state index in [0.29, 0.717) is 46.2 Å². The molecule has 1 aromatic rings. The van der Waals surface area contributed by atoms with Crippen LogP contribution in [0.3, 0.4) is 0 Å². The number of hydrogen-bond acceptors (Lipinski definition) is 6. The molecule has 0 aromatic heterocycles. The predicted octanol–water partition coefficient (Wildman–Crippen LogP) is 2.29. The van der Waals surface area contributed by atoms with Gasteiger partial charge < -0.3 is 34.3 Å². The molecule has 28 heavy (non-hydrogen) atoms. The Bertz CT molecular complexity index is 583. The summed E-state index contributed by atoms with van der Waals surface area (Å²) in [4.78, 5) is 4.62. The highest BCUT2D eigenvalue weighted by Crippen LogP contribution is 2.32. The maximum absolute atomic E-state index is 5.76. The van der Waals surface area contributed by atoms with E-state index in [1.165, 1.54) is 0 Å². The van der Waals surface area contributed by atoms with Gasteiger partial charge in [0.25, 0.3) is 0 Å². The van der Waals surface area contributed by atoms with E-state index in [-0.39, 0.29) is 0 Å². The van der Waals surface area contributed by atoms with E-state index in [2.05, 4.69) is 15.6 Å². The Hall–Kier alpha value is -2.03. The number of hydrogen-bond donors (Lipinski definition) is 2. The molecule has 2 N–H and O–H groups in total. The van der Waals surface area contributed by atoms with Gasteiger partial charge in [0.05, 0.1) is 26.4 Å². The van der Waals surface area contributed by atoms with E-state index < -0.39 is 0 Å². The first-order valence-electron chi connectivity index (χ1n) is 9.84. The highest BCUT2D eigenvalue weighted by Gasteiger charge is 2.11. The smallest absolute Gasteiger partial charge is 0.195 e. The van der Waals surface area contributed by atoms with Gasteiger partial charge in [0.1, 0.15) is 0 Å². The van der Waals surface area contributed by atoms with Crippen LogP contribution < -0.4 is 20.1 Å². The minimum atomic E-state index is 0.615. The van der Waals surface area contributed by atoms with E-state index >= 15 is 0 Å². The first kappa shape index (κ1) is 22.3. The highest BCUT2D eigenvalue weighted by atomic mass is 16.5. The number of anilines is 1. The molecule has 0 saturated heterocycles. The zero-order valence-corrected chi connectivity index (χ0v) is 17.0. The molecule has 0 aliphatic carbocycles. The van der Waals surface area contributed by atoms with Crippen LogP contribution in [0.5, 0.6) is 11.5 Å². The Morgan fingerprint density at radius 3 is 2.64 bits per heavy atom. The highest BCUT2D eigenvalue weighted by molar-refractivity contribution is 5.93. The van der Waals surface area contributed by atoms with Gasteiger partial charge in [-0.05, 0) is 25.0 Å². The van der Waals surface area contributed by atoms with Crippen molar-refractivity contribution in [3.63, 3.8) is 0 Å². The van der Waals surface area contributed by atoms with Crippen molar-refractivity contribution in [3.05, 3.63) is 18.2 Å². The van der Waals surface area contributed by atoms with Gasteiger partial charge in [0.15, 0.2) is 17.5 Å². The van der Waals surface area contributed by atoms with Crippen LogP contribution in [-0.2, 0) is 14.2 Å². The Morgan fingerprint density at radius 1 is 1.00 bits per heavy atom. The van der Waals surface area contributed by atoms with Gasteiger partial charge in [-0.3, -0.25) is 4.99 Å². The van der Waals surface area contributed by atoms with Crippen LogP contribution >= 0.6 is 0 Å². The van der Waals surface area contributed by atoms with Crippen molar-refractivity contribution in [1.29, 1.82) is 0 Å². The van der Waals surface area contributed by atoms with Gasteiger partial charge in [-0.25, -0.2) is 0 Å². The third-order valence-electron chi connectivity index (χ3n) is 3.98. The number of methoxy groups -OCH3 is 2. The van der Waals surface area contributed by atoms with Crippen LogP contribution in [0.2, 0.25) is 0 Å². The summed E-state index contributed by atoms with van der Waals surface area (Å²) in [7, 11) is 3.37. The molecule has 1 aromatic carbocycles. The number of aliphatic imine (C=N–C) groups is 1. The van der Waals surface area contributed by atoms with Gasteiger partial charge in [-0.2, -0.15) is 0 Å². The predicted molar refractivity (Wildman–Crippen MR) is 110 cm³/mol. The Morgan fingerprint density at radius 2 is 1.82 bits per heavy atom. The molecule has 0 atom stereocenters. The van der Waals surface area contributed by atoms with Crippen molar-refractivity contribution in [3.8, 4) is 11.5 Å². The molecule has 0 saturated carbocycles. The monoisotopic (exact) mass is 395 g/mol. The number of nitrogens with zero attached hydrogens (tertiary/aromatic N) is 1. The van der Waals surface area contributed by atoms with Gasteiger partial charge in [0.2, 0.25) is 0 Å². The quantitative estimate of drug-likeness (QED) is 0.319.